The van der Waals surface area contributed by atoms with Crippen molar-refractivity contribution in [2.24, 2.45) is 0 Å². The topological polar surface area (TPSA) is 89.2 Å². The summed E-state index contributed by atoms with van der Waals surface area (Å²) in [5, 5.41) is 16.8. The number of carbonyl (C=O) groups is 1. The monoisotopic (exact) mass is 280 g/mol. The highest BCUT2D eigenvalue weighted by Crippen LogP contribution is 2.37. The minimum absolute atomic E-state index is 0.0221. The highest BCUT2D eigenvalue weighted by Gasteiger charge is 2.30. The average Bonchev–Trinajstić information content (AvgIpc) is 3.16. The molecule has 1 aromatic heterocycles. The number of nitro groups is 1. The van der Waals surface area contributed by atoms with Crippen LogP contribution in [-0.2, 0) is 0 Å². The molecule has 1 aliphatic carbocycles. The highest BCUT2D eigenvalue weighted by molar-refractivity contribution is 5.93. The quantitative estimate of drug-likeness (QED) is 0.428. The summed E-state index contributed by atoms with van der Waals surface area (Å²) < 4.78 is 1.73. The zero-order valence-corrected chi connectivity index (χ0v) is 11.6. The number of hydrogen-bond acceptors (Lipinski definition) is 4. The second-order valence-corrected chi connectivity index (χ2v) is 4.98. The Bertz CT molecular complexity index is 494. The molecule has 1 fully saturated rings. The van der Waals surface area contributed by atoms with Gasteiger partial charge in [0.15, 0.2) is 0 Å². The summed E-state index contributed by atoms with van der Waals surface area (Å²) in [6, 6.07) is 1.59. The first kappa shape index (κ1) is 14.5. The third-order valence-corrected chi connectivity index (χ3v) is 3.23. The predicted molar refractivity (Wildman–Crippen MR) is 74.9 cm³/mol. The maximum absolute atomic E-state index is 12.1. The predicted octanol–water partition coefficient (Wildman–Crippen LogP) is 1.46. The van der Waals surface area contributed by atoms with Crippen LogP contribution in [0.4, 0.5) is 5.69 Å². The van der Waals surface area contributed by atoms with Gasteiger partial charge in [-0.2, -0.15) is 0 Å². The maximum atomic E-state index is 12.1. The second-order valence-electron chi connectivity index (χ2n) is 4.98. The molecule has 0 radical (unpaired) electrons. The van der Waals surface area contributed by atoms with E-state index < -0.39 is 4.92 Å². The van der Waals surface area contributed by atoms with Crippen molar-refractivity contribution in [1.29, 1.82) is 0 Å². The summed E-state index contributed by atoms with van der Waals surface area (Å²) in [5.41, 5.74) is 0.362. The fourth-order valence-corrected chi connectivity index (χ4v) is 2.06. The summed E-state index contributed by atoms with van der Waals surface area (Å²) in [6.07, 6.45) is 4.46. The van der Waals surface area contributed by atoms with Crippen molar-refractivity contribution in [2.45, 2.75) is 32.2 Å². The first-order chi connectivity index (χ1) is 9.63. The molecule has 0 unspecified atom stereocenters. The Balaban J connectivity index is 1.96. The maximum Gasteiger partial charge on any atom is 0.287 e. The molecule has 0 aromatic carbocycles. The zero-order chi connectivity index (χ0) is 14.5. The van der Waals surface area contributed by atoms with Crippen molar-refractivity contribution < 1.29 is 9.72 Å². The lowest BCUT2D eigenvalue weighted by molar-refractivity contribution is -0.384. The third-order valence-electron chi connectivity index (χ3n) is 3.23. The van der Waals surface area contributed by atoms with E-state index in [4.69, 9.17) is 0 Å². The molecule has 0 aliphatic heterocycles. The molecule has 1 saturated carbocycles. The van der Waals surface area contributed by atoms with E-state index in [-0.39, 0.29) is 17.6 Å². The van der Waals surface area contributed by atoms with Crippen LogP contribution in [0.5, 0.6) is 0 Å². The summed E-state index contributed by atoms with van der Waals surface area (Å²) >= 11 is 0. The van der Waals surface area contributed by atoms with Crippen LogP contribution in [0, 0.1) is 10.1 Å². The number of carbonyl (C=O) groups excluding carboxylic acids is 1. The molecule has 2 rings (SSSR count). The van der Waals surface area contributed by atoms with Crippen molar-refractivity contribution in [1.82, 2.24) is 15.2 Å². The summed E-state index contributed by atoms with van der Waals surface area (Å²) in [7, 11) is 0. The fraction of sp³-hybridized carbons (Fsp3) is 0.615. The first-order valence-electron chi connectivity index (χ1n) is 6.98. The molecule has 1 aromatic rings. The lowest BCUT2D eigenvalue weighted by Crippen LogP contribution is -2.33. The van der Waals surface area contributed by atoms with Gasteiger partial charge >= 0.3 is 0 Å². The van der Waals surface area contributed by atoms with E-state index in [0.717, 1.165) is 25.8 Å². The van der Waals surface area contributed by atoms with Crippen molar-refractivity contribution in [3.05, 3.63) is 28.1 Å². The highest BCUT2D eigenvalue weighted by atomic mass is 16.6. The molecule has 2 N–H and O–H groups in total. The van der Waals surface area contributed by atoms with Crippen LogP contribution in [-0.4, -0.2) is 35.0 Å². The summed E-state index contributed by atoms with van der Waals surface area (Å²) in [4.78, 5) is 22.4. The van der Waals surface area contributed by atoms with Gasteiger partial charge in [-0.1, -0.05) is 6.92 Å². The van der Waals surface area contributed by atoms with Crippen LogP contribution in [0.1, 0.15) is 42.7 Å². The number of amides is 1. The van der Waals surface area contributed by atoms with E-state index in [1.54, 1.807) is 4.57 Å². The Morgan fingerprint density at radius 3 is 2.80 bits per heavy atom. The summed E-state index contributed by atoms with van der Waals surface area (Å²) in [5.74, 6) is -0.247. The number of hydrogen-bond donors (Lipinski definition) is 2. The van der Waals surface area contributed by atoms with Crippen LogP contribution < -0.4 is 10.6 Å². The van der Waals surface area contributed by atoms with Crippen molar-refractivity contribution in [3.8, 4) is 0 Å². The first-order valence-corrected chi connectivity index (χ1v) is 6.98. The van der Waals surface area contributed by atoms with Crippen LogP contribution >= 0.6 is 0 Å². The number of nitrogens with one attached hydrogen (secondary N) is 2. The van der Waals surface area contributed by atoms with Gasteiger partial charge in [0.05, 0.1) is 11.1 Å². The molecular weight excluding hydrogens is 260 g/mol. The van der Waals surface area contributed by atoms with E-state index >= 15 is 0 Å². The van der Waals surface area contributed by atoms with E-state index in [1.165, 1.54) is 12.3 Å². The Hall–Kier alpha value is -1.89. The summed E-state index contributed by atoms with van der Waals surface area (Å²) in [6.45, 7) is 4.21. The zero-order valence-electron chi connectivity index (χ0n) is 11.6. The molecular formula is C13H20N4O3. The Labute approximate surface area is 117 Å². The number of aromatic nitrogens is 1. The molecule has 1 aliphatic rings. The van der Waals surface area contributed by atoms with E-state index in [0.29, 0.717) is 18.8 Å². The van der Waals surface area contributed by atoms with Crippen molar-refractivity contribution in [2.75, 3.05) is 19.6 Å². The van der Waals surface area contributed by atoms with E-state index in [9.17, 15) is 14.9 Å². The van der Waals surface area contributed by atoms with Gasteiger partial charge in [-0.25, -0.2) is 0 Å². The van der Waals surface area contributed by atoms with Crippen molar-refractivity contribution >= 4 is 11.6 Å². The van der Waals surface area contributed by atoms with E-state index in [2.05, 4.69) is 17.6 Å². The molecule has 7 nitrogen and oxygen atoms in total. The standard InChI is InChI=1S/C13H20N4O3/c1-2-5-14-6-7-15-13(18)12-8-11(17(19)20)9-16(12)10-3-4-10/h8-10,14H,2-7H2,1H3,(H,15,18). The lowest BCUT2D eigenvalue weighted by atomic mass is 10.3. The molecule has 20 heavy (non-hydrogen) atoms. The van der Waals surface area contributed by atoms with Crippen LogP contribution in [0.2, 0.25) is 0 Å². The molecule has 0 spiro atoms. The fourth-order valence-electron chi connectivity index (χ4n) is 2.06. The minimum Gasteiger partial charge on any atom is -0.349 e. The molecule has 1 amide bonds. The number of nitrogens with zero attached hydrogens (tertiary/aromatic N) is 2. The Morgan fingerprint density at radius 2 is 2.20 bits per heavy atom. The average molecular weight is 280 g/mol. The second kappa shape index (κ2) is 6.51. The number of rotatable bonds is 8. The Morgan fingerprint density at radius 1 is 1.45 bits per heavy atom. The van der Waals surface area contributed by atoms with Crippen molar-refractivity contribution in [3.63, 3.8) is 0 Å². The van der Waals surface area contributed by atoms with Gasteiger partial charge in [0.25, 0.3) is 11.6 Å². The molecule has 0 bridgehead atoms. The van der Waals surface area contributed by atoms with Crippen LogP contribution in [0.15, 0.2) is 12.3 Å². The van der Waals surface area contributed by atoms with E-state index in [1.807, 2.05) is 0 Å². The normalized spacial score (nSPS) is 14.2. The largest absolute Gasteiger partial charge is 0.349 e. The molecule has 7 heteroatoms. The van der Waals surface area contributed by atoms with Crippen LogP contribution in [0.25, 0.3) is 0 Å². The van der Waals surface area contributed by atoms with Gasteiger partial charge in [-0.15, -0.1) is 0 Å². The van der Waals surface area contributed by atoms with Gasteiger partial charge in [0.1, 0.15) is 5.69 Å². The van der Waals surface area contributed by atoms with Gasteiger partial charge < -0.3 is 15.2 Å². The SMILES string of the molecule is CCCNCCNC(=O)c1cc([N+](=O)[O-])cn1C1CC1. The molecule has 0 atom stereocenters. The third kappa shape index (κ3) is 3.57. The Kier molecular flexibility index (Phi) is 4.73. The smallest absolute Gasteiger partial charge is 0.287 e. The minimum atomic E-state index is -0.460. The van der Waals surface area contributed by atoms with Gasteiger partial charge in [0.2, 0.25) is 0 Å². The van der Waals surface area contributed by atoms with Gasteiger partial charge in [-0.3, -0.25) is 14.9 Å². The van der Waals surface area contributed by atoms with Gasteiger partial charge in [-0.05, 0) is 25.8 Å². The molecule has 0 saturated heterocycles. The van der Waals surface area contributed by atoms with Gasteiger partial charge in [0, 0.05) is 25.2 Å². The molecule has 110 valence electrons. The van der Waals surface area contributed by atoms with Crippen LogP contribution in [0.3, 0.4) is 0 Å². The lowest BCUT2D eigenvalue weighted by Gasteiger charge is -2.08. The molecule has 1 heterocycles.